The molecule has 0 radical (unpaired) electrons. The number of esters is 2. The summed E-state index contributed by atoms with van der Waals surface area (Å²) in [4.78, 5) is 23.0. The maximum atomic E-state index is 11.5. The van der Waals surface area contributed by atoms with Gasteiger partial charge in [0.25, 0.3) is 0 Å². The molecule has 0 unspecified atom stereocenters. The van der Waals surface area contributed by atoms with Gasteiger partial charge in [0.1, 0.15) is 0 Å². The van der Waals surface area contributed by atoms with E-state index in [0.717, 1.165) is 12.8 Å². The van der Waals surface area contributed by atoms with Crippen molar-refractivity contribution < 1.29 is 36.0 Å². The van der Waals surface area contributed by atoms with E-state index in [-0.39, 0.29) is 21.7 Å². The molecule has 0 fully saturated rings. The molecule has 156 valence electrons. The Morgan fingerprint density at radius 2 is 1.07 bits per heavy atom. The second-order valence-electron chi connectivity index (χ2n) is 7.43. The predicted molar refractivity (Wildman–Crippen MR) is 110 cm³/mol. The van der Waals surface area contributed by atoms with Crippen LogP contribution in [0.3, 0.4) is 0 Å². The summed E-state index contributed by atoms with van der Waals surface area (Å²) >= 11 is 0. The van der Waals surface area contributed by atoms with Gasteiger partial charge in [-0.25, -0.2) is 4.79 Å². The summed E-state index contributed by atoms with van der Waals surface area (Å²) in [6.45, 7) is 5.68. The van der Waals surface area contributed by atoms with Crippen molar-refractivity contribution in [3.63, 3.8) is 0 Å². The van der Waals surface area contributed by atoms with Gasteiger partial charge in [0, 0.05) is 33.7 Å². The van der Waals surface area contributed by atoms with Crippen LogP contribution in [0.1, 0.15) is 124 Å². The van der Waals surface area contributed by atoms with Crippen molar-refractivity contribution >= 4 is 11.9 Å². The standard InChI is InChI=1S/C23H42O3.Ti/c1-4-6-7-8-9-10-11-12-13-14-15-16-17-18-19-20-22(24)26-23(25)21(3)5-2;/h5H,4,6-20H2,1-3H3;. The molecule has 0 amide bonds. The molecule has 0 saturated heterocycles. The number of carbonyl (C=O) groups excluding carboxylic acids is 2. The van der Waals surface area contributed by atoms with Crippen LogP contribution in [0.2, 0.25) is 0 Å². The minimum Gasteiger partial charge on any atom is -0.390 e. The Hall–Kier alpha value is -0.406. The van der Waals surface area contributed by atoms with E-state index in [4.69, 9.17) is 4.74 Å². The third-order valence-electron chi connectivity index (χ3n) is 4.95. The van der Waals surface area contributed by atoms with E-state index < -0.39 is 11.9 Å². The predicted octanol–water partition coefficient (Wildman–Crippen LogP) is 7.28. The second-order valence-corrected chi connectivity index (χ2v) is 7.43. The minimum absolute atomic E-state index is 0. The third-order valence-corrected chi connectivity index (χ3v) is 4.95. The first-order valence-corrected chi connectivity index (χ1v) is 11.0. The molecule has 0 atom stereocenters. The van der Waals surface area contributed by atoms with Crippen LogP contribution < -0.4 is 0 Å². The minimum atomic E-state index is -0.515. The Kier molecular flexibility index (Phi) is 23.3. The topological polar surface area (TPSA) is 43.4 Å². The van der Waals surface area contributed by atoms with Crippen LogP contribution >= 0.6 is 0 Å². The zero-order valence-electron chi connectivity index (χ0n) is 18.1. The summed E-state index contributed by atoms with van der Waals surface area (Å²) < 4.78 is 4.78. The zero-order valence-corrected chi connectivity index (χ0v) is 19.7. The van der Waals surface area contributed by atoms with Gasteiger partial charge < -0.3 is 4.74 Å². The van der Waals surface area contributed by atoms with Crippen LogP contribution in [0.15, 0.2) is 11.6 Å². The average molecular weight is 414 g/mol. The van der Waals surface area contributed by atoms with Crippen molar-refractivity contribution in [2.75, 3.05) is 0 Å². The summed E-state index contributed by atoms with van der Waals surface area (Å²) in [5.74, 6) is -0.913. The van der Waals surface area contributed by atoms with Crippen LogP contribution in [-0.2, 0) is 36.0 Å². The summed E-state index contributed by atoms with van der Waals surface area (Å²) in [5.41, 5.74) is 0.481. The van der Waals surface area contributed by atoms with E-state index >= 15 is 0 Å². The van der Waals surface area contributed by atoms with E-state index in [1.807, 2.05) is 0 Å². The third kappa shape index (κ3) is 20.1. The Balaban J connectivity index is 0. The van der Waals surface area contributed by atoms with Crippen LogP contribution in [0, 0.1) is 0 Å². The summed E-state index contributed by atoms with van der Waals surface area (Å²) in [6, 6.07) is 0. The van der Waals surface area contributed by atoms with Gasteiger partial charge in [-0.1, -0.05) is 103 Å². The molecule has 0 aliphatic heterocycles. The van der Waals surface area contributed by atoms with Crippen LogP contribution in [0.25, 0.3) is 0 Å². The molecule has 0 heterocycles. The van der Waals surface area contributed by atoms with Crippen molar-refractivity contribution in [2.24, 2.45) is 0 Å². The Labute approximate surface area is 183 Å². The summed E-state index contributed by atoms with van der Waals surface area (Å²) in [7, 11) is 0. The first-order chi connectivity index (χ1) is 12.6. The normalized spacial score (nSPS) is 11.1. The van der Waals surface area contributed by atoms with Crippen molar-refractivity contribution in [3.05, 3.63) is 11.6 Å². The smallest absolute Gasteiger partial charge is 0.341 e. The Morgan fingerprint density at radius 3 is 1.44 bits per heavy atom. The molecule has 27 heavy (non-hydrogen) atoms. The van der Waals surface area contributed by atoms with E-state index in [1.54, 1.807) is 19.9 Å². The number of allylic oxidation sites excluding steroid dienone is 1. The van der Waals surface area contributed by atoms with Gasteiger partial charge in [-0.05, 0) is 20.3 Å². The number of ether oxygens (including phenoxy) is 1. The second kappa shape index (κ2) is 21.9. The Bertz CT molecular complexity index is 391. The molecule has 0 bridgehead atoms. The SMILES string of the molecule is CC=C(C)C(=O)OC(=O)CCCCCCCCCCCCCCCCC.[Ti]. The molecule has 0 aromatic rings. The average Bonchev–Trinajstić information content (AvgIpc) is 2.64. The van der Waals surface area contributed by atoms with Gasteiger partial charge in [0.2, 0.25) is 0 Å². The van der Waals surface area contributed by atoms with Crippen molar-refractivity contribution in [3.8, 4) is 0 Å². The number of rotatable bonds is 17. The van der Waals surface area contributed by atoms with Gasteiger partial charge in [-0.3, -0.25) is 4.79 Å². The number of hydrogen-bond donors (Lipinski definition) is 0. The van der Waals surface area contributed by atoms with Crippen molar-refractivity contribution in [1.29, 1.82) is 0 Å². The van der Waals surface area contributed by atoms with Gasteiger partial charge in [-0.15, -0.1) is 0 Å². The van der Waals surface area contributed by atoms with Gasteiger partial charge in [-0.2, -0.15) is 0 Å². The van der Waals surface area contributed by atoms with E-state index in [9.17, 15) is 9.59 Å². The molecular weight excluding hydrogens is 372 g/mol. The number of hydrogen-bond acceptors (Lipinski definition) is 3. The van der Waals surface area contributed by atoms with Crippen molar-refractivity contribution in [1.82, 2.24) is 0 Å². The van der Waals surface area contributed by atoms with Gasteiger partial charge in [0.15, 0.2) is 0 Å². The molecule has 0 rings (SSSR count). The van der Waals surface area contributed by atoms with Gasteiger partial charge >= 0.3 is 11.9 Å². The quantitative estimate of drug-likeness (QED) is 0.0826. The molecular formula is C23H42O3Ti. The van der Waals surface area contributed by atoms with Crippen LogP contribution in [0.4, 0.5) is 0 Å². The van der Waals surface area contributed by atoms with Crippen LogP contribution in [0.5, 0.6) is 0 Å². The van der Waals surface area contributed by atoms with Crippen LogP contribution in [-0.4, -0.2) is 11.9 Å². The number of unbranched alkanes of at least 4 members (excludes halogenated alkanes) is 14. The molecule has 0 aliphatic rings. The molecule has 0 aromatic carbocycles. The first-order valence-electron chi connectivity index (χ1n) is 11.0. The Morgan fingerprint density at radius 1 is 0.704 bits per heavy atom. The van der Waals surface area contributed by atoms with E-state index in [1.165, 1.54) is 83.5 Å². The number of carbonyl (C=O) groups is 2. The summed E-state index contributed by atoms with van der Waals surface area (Å²) in [5, 5.41) is 0. The fraction of sp³-hybridized carbons (Fsp3) is 0.826. The van der Waals surface area contributed by atoms with E-state index in [2.05, 4.69) is 6.92 Å². The maximum Gasteiger partial charge on any atom is 0.341 e. The molecule has 0 spiro atoms. The molecule has 4 heteroatoms. The van der Waals surface area contributed by atoms with Gasteiger partial charge in [0.05, 0.1) is 0 Å². The molecule has 0 saturated carbocycles. The molecule has 0 N–H and O–H groups in total. The monoisotopic (exact) mass is 414 g/mol. The molecule has 3 nitrogen and oxygen atoms in total. The first kappa shape index (κ1) is 28.8. The molecule has 0 aromatic heterocycles. The fourth-order valence-corrected chi connectivity index (χ4v) is 2.99. The fourth-order valence-electron chi connectivity index (χ4n) is 2.99. The van der Waals surface area contributed by atoms with E-state index in [0.29, 0.717) is 12.0 Å². The maximum absolute atomic E-state index is 11.5. The van der Waals surface area contributed by atoms with Crippen molar-refractivity contribution in [2.45, 2.75) is 124 Å². The summed E-state index contributed by atoms with van der Waals surface area (Å²) in [6.07, 6.45) is 21.5. The largest absolute Gasteiger partial charge is 0.390 e. The molecule has 0 aliphatic carbocycles. The zero-order chi connectivity index (χ0) is 19.5.